The molecule has 3 nitrogen and oxygen atoms in total. The van der Waals surface area contributed by atoms with Gasteiger partial charge in [0.05, 0.1) is 6.61 Å². The van der Waals surface area contributed by atoms with Crippen LogP contribution in [0, 0.1) is 0 Å². The molecule has 0 saturated carbocycles. The maximum Gasteiger partial charge on any atom is 0.340 e. The average Bonchev–Trinajstić information content (AvgIpc) is 2.05. The van der Waals surface area contributed by atoms with E-state index in [9.17, 15) is 4.79 Å². The lowest BCUT2D eigenvalue weighted by molar-refractivity contribution is -0.197. The van der Waals surface area contributed by atoms with Gasteiger partial charge >= 0.3 is 5.97 Å². The zero-order valence-corrected chi connectivity index (χ0v) is 8.12. The van der Waals surface area contributed by atoms with Gasteiger partial charge in [0, 0.05) is 17.0 Å². The first kappa shape index (κ1) is 9.49. The summed E-state index contributed by atoms with van der Waals surface area (Å²) in [5, 5.41) is 9.52. The third-order valence-corrected chi connectivity index (χ3v) is 2.79. The Balaban J connectivity index is 2.47. The van der Waals surface area contributed by atoms with Crippen molar-refractivity contribution < 1.29 is 14.6 Å². The van der Waals surface area contributed by atoms with Gasteiger partial charge in [-0.05, 0) is 6.07 Å². The zero-order chi connectivity index (χ0) is 10.2. The molecule has 0 bridgehead atoms. The predicted molar refractivity (Wildman–Crippen MR) is 51.3 cm³/mol. The molecule has 74 valence electrons. The Morgan fingerprint density at radius 1 is 1.50 bits per heavy atom. The minimum Gasteiger partial charge on any atom is -0.479 e. The molecular formula is C10H9ClO3. The van der Waals surface area contributed by atoms with E-state index in [1.165, 1.54) is 0 Å². The fourth-order valence-electron chi connectivity index (χ4n) is 1.59. The molecule has 1 aliphatic rings. The SMILES string of the molecule is O=C(O)C1(c2ccccc2Cl)CCO1. The molecule has 1 fully saturated rings. The Kier molecular flexibility index (Phi) is 2.21. The highest BCUT2D eigenvalue weighted by molar-refractivity contribution is 6.31. The summed E-state index contributed by atoms with van der Waals surface area (Å²) in [6.45, 7) is 0.470. The molecule has 0 aromatic heterocycles. The Bertz CT molecular complexity index is 371. The second-order valence-electron chi connectivity index (χ2n) is 3.21. The number of hydrogen-bond donors (Lipinski definition) is 1. The minimum atomic E-state index is -1.21. The van der Waals surface area contributed by atoms with Crippen molar-refractivity contribution >= 4 is 17.6 Å². The number of aliphatic carboxylic acids is 1. The number of benzene rings is 1. The van der Waals surface area contributed by atoms with Crippen LogP contribution in [-0.2, 0) is 15.1 Å². The van der Waals surface area contributed by atoms with E-state index in [0.717, 1.165) is 0 Å². The molecule has 2 rings (SSSR count). The van der Waals surface area contributed by atoms with Crippen LogP contribution in [0.2, 0.25) is 5.02 Å². The normalized spacial score (nSPS) is 25.5. The highest BCUT2D eigenvalue weighted by Gasteiger charge is 2.48. The molecule has 0 aliphatic carbocycles. The topological polar surface area (TPSA) is 46.5 Å². The number of carboxylic acid groups (broad SMARTS) is 1. The summed E-state index contributed by atoms with van der Waals surface area (Å²) in [5.41, 5.74) is -0.668. The highest BCUT2D eigenvalue weighted by Crippen LogP contribution is 2.40. The van der Waals surface area contributed by atoms with Gasteiger partial charge in [-0.3, -0.25) is 0 Å². The number of ether oxygens (including phenoxy) is 1. The number of hydrogen-bond acceptors (Lipinski definition) is 2. The first-order valence-electron chi connectivity index (χ1n) is 4.29. The van der Waals surface area contributed by atoms with Crippen molar-refractivity contribution in [1.29, 1.82) is 0 Å². The number of halogens is 1. The molecule has 4 heteroatoms. The first-order valence-corrected chi connectivity index (χ1v) is 4.67. The molecule has 1 aliphatic heterocycles. The van der Waals surface area contributed by atoms with Crippen molar-refractivity contribution in [1.82, 2.24) is 0 Å². The van der Waals surface area contributed by atoms with Crippen LogP contribution in [0.5, 0.6) is 0 Å². The van der Waals surface area contributed by atoms with Gasteiger partial charge in [-0.2, -0.15) is 0 Å². The van der Waals surface area contributed by atoms with Crippen molar-refractivity contribution in [2.24, 2.45) is 0 Å². The van der Waals surface area contributed by atoms with Crippen LogP contribution >= 0.6 is 11.6 Å². The molecule has 1 N–H and O–H groups in total. The van der Waals surface area contributed by atoms with Gasteiger partial charge in [0.2, 0.25) is 0 Å². The summed E-state index contributed by atoms with van der Waals surface area (Å²) in [4.78, 5) is 11.1. The molecule has 14 heavy (non-hydrogen) atoms. The van der Waals surface area contributed by atoms with Crippen molar-refractivity contribution in [3.63, 3.8) is 0 Å². The average molecular weight is 213 g/mol. The standard InChI is InChI=1S/C10H9ClO3/c11-8-4-2-1-3-7(8)10(9(12)13)5-6-14-10/h1-4H,5-6H2,(H,12,13). The molecule has 1 saturated heterocycles. The fraction of sp³-hybridized carbons (Fsp3) is 0.300. The number of rotatable bonds is 2. The van der Waals surface area contributed by atoms with Gasteiger partial charge in [-0.25, -0.2) is 4.79 Å². The molecule has 1 aromatic carbocycles. The van der Waals surface area contributed by atoms with Crippen LogP contribution in [0.3, 0.4) is 0 Å². The Hall–Kier alpha value is -1.06. The van der Waals surface area contributed by atoms with Crippen LogP contribution in [0.15, 0.2) is 24.3 Å². The molecule has 1 atom stereocenters. The molecule has 0 spiro atoms. The lowest BCUT2D eigenvalue weighted by Gasteiger charge is -2.38. The van der Waals surface area contributed by atoms with Crippen molar-refractivity contribution in [3.8, 4) is 0 Å². The van der Waals surface area contributed by atoms with Gasteiger partial charge in [0.15, 0.2) is 5.60 Å². The summed E-state index contributed by atoms with van der Waals surface area (Å²) < 4.78 is 5.16. The van der Waals surface area contributed by atoms with E-state index in [0.29, 0.717) is 23.6 Å². The van der Waals surface area contributed by atoms with Crippen LogP contribution in [-0.4, -0.2) is 17.7 Å². The first-order chi connectivity index (χ1) is 6.67. The fourth-order valence-corrected chi connectivity index (χ4v) is 1.88. The van der Waals surface area contributed by atoms with E-state index in [-0.39, 0.29) is 0 Å². The molecule has 1 heterocycles. The van der Waals surface area contributed by atoms with Gasteiger partial charge in [0.25, 0.3) is 0 Å². The van der Waals surface area contributed by atoms with Crippen LogP contribution in [0.1, 0.15) is 12.0 Å². The maximum absolute atomic E-state index is 11.1. The van der Waals surface area contributed by atoms with Crippen molar-refractivity contribution in [3.05, 3.63) is 34.9 Å². The van der Waals surface area contributed by atoms with E-state index in [2.05, 4.69) is 0 Å². The Labute approximate surface area is 86.3 Å². The lowest BCUT2D eigenvalue weighted by Crippen LogP contribution is -2.48. The van der Waals surface area contributed by atoms with Gasteiger partial charge in [-0.1, -0.05) is 29.8 Å². The molecule has 0 amide bonds. The van der Waals surface area contributed by atoms with E-state index in [1.54, 1.807) is 24.3 Å². The number of carbonyl (C=O) groups is 1. The van der Waals surface area contributed by atoms with Crippen LogP contribution in [0.4, 0.5) is 0 Å². The van der Waals surface area contributed by atoms with Crippen molar-refractivity contribution in [2.45, 2.75) is 12.0 Å². The monoisotopic (exact) mass is 212 g/mol. The molecule has 0 radical (unpaired) electrons. The third-order valence-electron chi connectivity index (χ3n) is 2.46. The van der Waals surface area contributed by atoms with Crippen molar-refractivity contribution in [2.75, 3.05) is 6.61 Å². The van der Waals surface area contributed by atoms with E-state index < -0.39 is 11.6 Å². The number of carboxylic acids is 1. The smallest absolute Gasteiger partial charge is 0.340 e. The Morgan fingerprint density at radius 3 is 2.57 bits per heavy atom. The van der Waals surface area contributed by atoms with Crippen LogP contribution < -0.4 is 0 Å². The van der Waals surface area contributed by atoms with Gasteiger partial charge in [0.1, 0.15) is 0 Å². The Morgan fingerprint density at radius 2 is 2.14 bits per heavy atom. The maximum atomic E-state index is 11.1. The van der Waals surface area contributed by atoms with E-state index in [4.69, 9.17) is 21.4 Å². The second-order valence-corrected chi connectivity index (χ2v) is 3.62. The largest absolute Gasteiger partial charge is 0.479 e. The predicted octanol–water partition coefficient (Wildman–Crippen LogP) is 2.04. The van der Waals surface area contributed by atoms with Gasteiger partial charge in [-0.15, -0.1) is 0 Å². The summed E-state index contributed by atoms with van der Waals surface area (Å²) in [6, 6.07) is 6.88. The zero-order valence-electron chi connectivity index (χ0n) is 7.37. The summed E-state index contributed by atoms with van der Waals surface area (Å²) in [5.74, 6) is -0.975. The molecule has 1 aromatic rings. The quantitative estimate of drug-likeness (QED) is 0.816. The van der Waals surface area contributed by atoms with E-state index in [1.807, 2.05) is 0 Å². The molecular weight excluding hydrogens is 204 g/mol. The highest BCUT2D eigenvalue weighted by atomic mass is 35.5. The minimum absolute atomic E-state index is 0.439. The van der Waals surface area contributed by atoms with E-state index >= 15 is 0 Å². The van der Waals surface area contributed by atoms with Crippen LogP contribution in [0.25, 0.3) is 0 Å². The molecule has 1 unspecified atom stereocenters. The van der Waals surface area contributed by atoms with Gasteiger partial charge < -0.3 is 9.84 Å². The summed E-state index contributed by atoms with van der Waals surface area (Å²) >= 11 is 5.92. The summed E-state index contributed by atoms with van der Waals surface area (Å²) in [6.07, 6.45) is 0.478. The second kappa shape index (κ2) is 3.26. The lowest BCUT2D eigenvalue weighted by atomic mass is 9.86. The summed E-state index contributed by atoms with van der Waals surface area (Å²) in [7, 11) is 0. The third kappa shape index (κ3) is 1.21.